The van der Waals surface area contributed by atoms with Gasteiger partial charge in [0.15, 0.2) is 0 Å². The van der Waals surface area contributed by atoms with Gasteiger partial charge in [0, 0.05) is 18.7 Å². The summed E-state index contributed by atoms with van der Waals surface area (Å²) in [4.78, 5) is 29.3. The van der Waals surface area contributed by atoms with Crippen molar-refractivity contribution in [3.63, 3.8) is 0 Å². The third-order valence-electron chi connectivity index (χ3n) is 7.80. The summed E-state index contributed by atoms with van der Waals surface area (Å²) in [5, 5.41) is 3.14. The van der Waals surface area contributed by atoms with Crippen LogP contribution in [-0.4, -0.2) is 57.4 Å². The molecule has 0 heterocycles. The second-order valence-corrected chi connectivity index (χ2v) is 12.6. The minimum atomic E-state index is -4.13. The lowest BCUT2D eigenvalue weighted by molar-refractivity contribution is -0.139. The molecular formula is C33H41N3O5S. The first kappa shape index (κ1) is 31.1. The van der Waals surface area contributed by atoms with Crippen molar-refractivity contribution in [3.05, 3.63) is 90.0 Å². The van der Waals surface area contributed by atoms with Gasteiger partial charge in [-0.05, 0) is 62.4 Å². The van der Waals surface area contributed by atoms with E-state index in [2.05, 4.69) is 5.32 Å². The van der Waals surface area contributed by atoms with Gasteiger partial charge >= 0.3 is 0 Å². The van der Waals surface area contributed by atoms with E-state index in [1.54, 1.807) is 53.4 Å². The highest BCUT2D eigenvalue weighted by Crippen LogP contribution is 2.28. The molecule has 1 aliphatic carbocycles. The van der Waals surface area contributed by atoms with Gasteiger partial charge in [-0.1, -0.05) is 73.9 Å². The van der Waals surface area contributed by atoms with Crippen LogP contribution in [0.15, 0.2) is 83.8 Å². The number of amides is 2. The molecule has 0 bridgehead atoms. The molecule has 8 nitrogen and oxygen atoms in total. The third kappa shape index (κ3) is 7.70. The van der Waals surface area contributed by atoms with E-state index in [9.17, 15) is 18.0 Å². The molecule has 9 heteroatoms. The highest BCUT2D eigenvalue weighted by Gasteiger charge is 2.34. The molecule has 4 rings (SSSR count). The summed E-state index contributed by atoms with van der Waals surface area (Å²) in [7, 11) is -2.63. The summed E-state index contributed by atoms with van der Waals surface area (Å²) in [6.45, 7) is 3.57. The zero-order chi connectivity index (χ0) is 30.1. The molecule has 1 atom stereocenters. The van der Waals surface area contributed by atoms with Gasteiger partial charge < -0.3 is 15.0 Å². The van der Waals surface area contributed by atoms with E-state index in [0.29, 0.717) is 24.3 Å². The van der Waals surface area contributed by atoms with Crippen molar-refractivity contribution in [1.29, 1.82) is 0 Å². The summed E-state index contributed by atoms with van der Waals surface area (Å²) in [6.07, 6.45) is 4.94. The van der Waals surface area contributed by atoms with Crippen molar-refractivity contribution in [2.24, 2.45) is 0 Å². The van der Waals surface area contributed by atoms with Gasteiger partial charge in [0.25, 0.3) is 10.0 Å². The number of nitrogens with one attached hydrogen (secondary N) is 1. The molecule has 1 aliphatic rings. The maximum Gasteiger partial charge on any atom is 0.264 e. The maximum atomic E-state index is 14.2. The Hall–Kier alpha value is -3.85. The van der Waals surface area contributed by atoms with Crippen LogP contribution in [0, 0.1) is 6.92 Å². The molecule has 224 valence electrons. The molecule has 3 aromatic carbocycles. The molecule has 3 aromatic rings. The predicted octanol–water partition coefficient (Wildman–Crippen LogP) is 5.11. The number of rotatable bonds is 13. The number of hydrogen-bond donors (Lipinski definition) is 1. The first-order valence-corrected chi connectivity index (χ1v) is 16.0. The molecule has 42 heavy (non-hydrogen) atoms. The van der Waals surface area contributed by atoms with Crippen LogP contribution in [0.25, 0.3) is 0 Å². The molecule has 0 spiro atoms. The van der Waals surface area contributed by atoms with Gasteiger partial charge in [0.05, 0.1) is 17.7 Å². The van der Waals surface area contributed by atoms with Crippen LogP contribution in [0.3, 0.4) is 0 Å². The maximum absolute atomic E-state index is 14.2. The lowest BCUT2D eigenvalue weighted by Gasteiger charge is -2.33. The Morgan fingerprint density at radius 2 is 1.67 bits per heavy atom. The Bertz CT molecular complexity index is 1440. The van der Waals surface area contributed by atoms with Gasteiger partial charge in [0.1, 0.15) is 18.3 Å². The lowest BCUT2D eigenvalue weighted by Crippen LogP contribution is -2.54. The second kappa shape index (κ2) is 14.4. The van der Waals surface area contributed by atoms with Crippen LogP contribution < -0.4 is 14.4 Å². The highest BCUT2D eigenvalue weighted by molar-refractivity contribution is 7.92. The van der Waals surface area contributed by atoms with Crippen LogP contribution >= 0.6 is 0 Å². The number of benzene rings is 3. The zero-order valence-electron chi connectivity index (χ0n) is 24.7. The largest absolute Gasteiger partial charge is 0.497 e. The normalized spacial score (nSPS) is 14.3. The Labute approximate surface area is 249 Å². The van der Waals surface area contributed by atoms with Crippen molar-refractivity contribution in [2.75, 3.05) is 24.5 Å². The molecular weight excluding hydrogens is 550 g/mol. The van der Waals surface area contributed by atoms with Crippen molar-refractivity contribution in [3.8, 4) is 5.75 Å². The third-order valence-corrected chi connectivity index (χ3v) is 9.59. The number of sulfonamides is 1. The summed E-state index contributed by atoms with van der Waals surface area (Å²) in [6, 6.07) is 22.3. The SMILES string of the molecule is CC[C@@H](C(=O)NC1CCCC1)N(CCc1ccccc1)C(=O)CN(c1cccc(OC)c1)S(=O)(=O)c1ccc(C)cc1. The Morgan fingerprint density at radius 3 is 2.31 bits per heavy atom. The predicted molar refractivity (Wildman–Crippen MR) is 165 cm³/mol. The first-order chi connectivity index (χ1) is 20.2. The van der Waals surface area contributed by atoms with Crippen molar-refractivity contribution in [2.45, 2.75) is 69.4 Å². The monoisotopic (exact) mass is 591 g/mol. The minimum absolute atomic E-state index is 0.0746. The zero-order valence-corrected chi connectivity index (χ0v) is 25.5. The van der Waals surface area contributed by atoms with Crippen LogP contribution in [-0.2, 0) is 26.0 Å². The number of ether oxygens (including phenoxy) is 1. The van der Waals surface area contributed by atoms with E-state index in [1.807, 2.05) is 44.2 Å². The molecule has 1 N–H and O–H groups in total. The van der Waals surface area contributed by atoms with Crippen LogP contribution in [0.1, 0.15) is 50.2 Å². The lowest BCUT2D eigenvalue weighted by atomic mass is 10.1. The minimum Gasteiger partial charge on any atom is -0.497 e. The summed E-state index contributed by atoms with van der Waals surface area (Å²) < 4.78 is 34.5. The topological polar surface area (TPSA) is 96.0 Å². The fraction of sp³-hybridized carbons (Fsp3) is 0.394. The smallest absolute Gasteiger partial charge is 0.264 e. The first-order valence-electron chi connectivity index (χ1n) is 14.6. The van der Waals surface area contributed by atoms with Crippen LogP contribution in [0.4, 0.5) is 5.69 Å². The van der Waals surface area contributed by atoms with E-state index in [4.69, 9.17) is 4.74 Å². The van der Waals surface area contributed by atoms with Crippen molar-refractivity contribution < 1.29 is 22.7 Å². The quantitative estimate of drug-likeness (QED) is 0.298. The van der Waals surface area contributed by atoms with Gasteiger partial charge in [0.2, 0.25) is 11.8 Å². The number of nitrogens with zero attached hydrogens (tertiary/aromatic N) is 2. The van der Waals surface area contributed by atoms with Crippen molar-refractivity contribution >= 4 is 27.5 Å². The number of anilines is 1. The van der Waals surface area contributed by atoms with Crippen LogP contribution in [0.2, 0.25) is 0 Å². The van der Waals surface area contributed by atoms with E-state index in [0.717, 1.165) is 41.1 Å². The van der Waals surface area contributed by atoms with Gasteiger partial charge in [-0.2, -0.15) is 0 Å². The average Bonchev–Trinajstić information content (AvgIpc) is 3.51. The van der Waals surface area contributed by atoms with Gasteiger partial charge in [-0.25, -0.2) is 8.42 Å². The van der Waals surface area contributed by atoms with E-state index in [1.165, 1.54) is 7.11 Å². The number of carbonyl (C=O) groups is 2. The molecule has 0 saturated heterocycles. The Kier molecular flexibility index (Phi) is 10.6. The van der Waals surface area contributed by atoms with E-state index < -0.39 is 28.5 Å². The number of hydrogen-bond acceptors (Lipinski definition) is 5. The summed E-state index contributed by atoms with van der Waals surface area (Å²) in [5.41, 5.74) is 2.25. The standard InChI is InChI=1S/C33H41N3O5S/c1-4-31(33(38)34-27-13-8-9-14-27)35(22-21-26-11-6-5-7-12-26)32(37)24-36(28-15-10-16-29(23-28)41-3)42(39,40)30-19-17-25(2)18-20-30/h5-7,10-12,15-20,23,27,31H,4,8-9,13-14,21-22,24H2,1-3H3,(H,34,38)/t31-/m0/s1. The van der Waals surface area contributed by atoms with Gasteiger partial charge in [-0.3, -0.25) is 13.9 Å². The van der Waals surface area contributed by atoms with Gasteiger partial charge in [-0.15, -0.1) is 0 Å². The Morgan fingerprint density at radius 1 is 0.976 bits per heavy atom. The summed E-state index contributed by atoms with van der Waals surface area (Å²) in [5.74, 6) is -0.176. The summed E-state index contributed by atoms with van der Waals surface area (Å²) >= 11 is 0. The Balaban J connectivity index is 1.68. The molecule has 0 unspecified atom stereocenters. The molecule has 1 saturated carbocycles. The number of aryl methyl sites for hydroxylation is 1. The van der Waals surface area contributed by atoms with E-state index in [-0.39, 0.29) is 23.4 Å². The fourth-order valence-corrected chi connectivity index (χ4v) is 6.80. The number of carbonyl (C=O) groups excluding carboxylic acids is 2. The second-order valence-electron chi connectivity index (χ2n) is 10.8. The van der Waals surface area contributed by atoms with E-state index >= 15 is 0 Å². The number of methoxy groups -OCH3 is 1. The molecule has 1 fully saturated rings. The average molecular weight is 592 g/mol. The molecule has 0 radical (unpaired) electrons. The molecule has 0 aliphatic heterocycles. The molecule has 2 amide bonds. The van der Waals surface area contributed by atoms with Crippen LogP contribution in [0.5, 0.6) is 5.75 Å². The fourth-order valence-electron chi connectivity index (χ4n) is 5.40. The van der Waals surface area contributed by atoms with Crippen molar-refractivity contribution in [1.82, 2.24) is 10.2 Å². The highest BCUT2D eigenvalue weighted by atomic mass is 32.2. The molecule has 0 aromatic heterocycles.